The Bertz CT molecular complexity index is 302. The molecule has 1 rings (SSSR count). The third-order valence-electron chi connectivity index (χ3n) is 3.01. The topological polar surface area (TPSA) is 66.8 Å². The van der Waals surface area contributed by atoms with Crippen LogP contribution in [0.3, 0.4) is 0 Å². The summed E-state index contributed by atoms with van der Waals surface area (Å²) in [5, 5.41) is 8.23. The molecule has 16 heavy (non-hydrogen) atoms. The number of sulfonamides is 1. The van der Waals surface area contributed by atoms with Crippen molar-refractivity contribution in [3.63, 3.8) is 0 Å². The number of ether oxygens (including phenoxy) is 1. The average molecular weight is 251 g/mol. The van der Waals surface area contributed by atoms with Crippen molar-refractivity contribution < 1.29 is 18.3 Å². The summed E-state index contributed by atoms with van der Waals surface area (Å²) in [4.78, 5) is 0. The van der Waals surface area contributed by atoms with E-state index in [2.05, 4.69) is 0 Å². The molecule has 0 aliphatic carbocycles. The van der Waals surface area contributed by atoms with Crippen molar-refractivity contribution >= 4 is 10.0 Å². The number of hydrogen-bond donors (Lipinski definition) is 1. The molecule has 96 valence electrons. The number of piperidine rings is 1. The highest BCUT2D eigenvalue weighted by molar-refractivity contribution is 7.89. The van der Waals surface area contributed by atoms with E-state index in [4.69, 9.17) is 9.84 Å². The summed E-state index contributed by atoms with van der Waals surface area (Å²) in [6.45, 7) is 2.88. The molecule has 0 aromatic heterocycles. The Morgan fingerprint density at radius 3 is 2.81 bits per heavy atom. The van der Waals surface area contributed by atoms with Crippen molar-refractivity contribution in [1.82, 2.24) is 4.31 Å². The minimum Gasteiger partial charge on any atom is -0.395 e. The quantitative estimate of drug-likeness (QED) is 0.750. The van der Waals surface area contributed by atoms with Crippen LogP contribution in [-0.2, 0) is 14.8 Å². The maximum Gasteiger partial charge on any atom is 0.218 e. The SMILES string of the molecule is COCC1CCCN(S(=O)(=O)C(C)CO)C1. The molecule has 6 heteroatoms. The van der Waals surface area contributed by atoms with E-state index >= 15 is 0 Å². The van der Waals surface area contributed by atoms with Gasteiger partial charge in [0.25, 0.3) is 0 Å². The van der Waals surface area contributed by atoms with Gasteiger partial charge in [-0.15, -0.1) is 0 Å². The van der Waals surface area contributed by atoms with Gasteiger partial charge in [0.2, 0.25) is 10.0 Å². The molecule has 0 aromatic carbocycles. The van der Waals surface area contributed by atoms with Crippen molar-refractivity contribution in [2.24, 2.45) is 5.92 Å². The molecule has 1 heterocycles. The molecule has 1 saturated heterocycles. The predicted octanol–water partition coefficient (Wildman–Crippen LogP) is 0.0554. The minimum absolute atomic E-state index is 0.277. The Morgan fingerprint density at radius 2 is 2.25 bits per heavy atom. The highest BCUT2D eigenvalue weighted by Crippen LogP contribution is 2.21. The van der Waals surface area contributed by atoms with E-state index in [9.17, 15) is 8.42 Å². The molecule has 2 atom stereocenters. The zero-order valence-electron chi connectivity index (χ0n) is 9.92. The van der Waals surface area contributed by atoms with Crippen molar-refractivity contribution in [1.29, 1.82) is 0 Å². The lowest BCUT2D eigenvalue weighted by Crippen LogP contribution is -2.45. The molecule has 1 N–H and O–H groups in total. The maximum atomic E-state index is 12.0. The third-order valence-corrected chi connectivity index (χ3v) is 5.23. The van der Waals surface area contributed by atoms with Crippen LogP contribution in [0.2, 0.25) is 0 Å². The first kappa shape index (κ1) is 13.9. The summed E-state index contributed by atoms with van der Waals surface area (Å²) in [6, 6.07) is 0. The second kappa shape index (κ2) is 5.95. The van der Waals surface area contributed by atoms with Gasteiger partial charge < -0.3 is 9.84 Å². The number of rotatable bonds is 5. The van der Waals surface area contributed by atoms with Gasteiger partial charge in [0.05, 0.1) is 18.5 Å². The van der Waals surface area contributed by atoms with Crippen LogP contribution in [0, 0.1) is 5.92 Å². The number of methoxy groups -OCH3 is 1. The highest BCUT2D eigenvalue weighted by Gasteiger charge is 2.32. The second-order valence-corrected chi connectivity index (χ2v) is 6.71. The molecule has 1 aliphatic heterocycles. The Hall–Kier alpha value is -0.170. The van der Waals surface area contributed by atoms with Gasteiger partial charge in [0, 0.05) is 20.2 Å². The summed E-state index contributed by atoms with van der Waals surface area (Å²) in [6.07, 6.45) is 1.87. The van der Waals surface area contributed by atoms with E-state index in [0.29, 0.717) is 19.7 Å². The highest BCUT2D eigenvalue weighted by atomic mass is 32.2. The molecule has 5 nitrogen and oxygen atoms in total. The van der Waals surface area contributed by atoms with Gasteiger partial charge >= 0.3 is 0 Å². The number of nitrogens with zero attached hydrogens (tertiary/aromatic N) is 1. The molecule has 0 saturated carbocycles. The van der Waals surface area contributed by atoms with Crippen LogP contribution in [0.1, 0.15) is 19.8 Å². The molecule has 0 bridgehead atoms. The standard InChI is InChI=1S/C10H21NO4S/c1-9(7-12)16(13,14)11-5-3-4-10(6-11)8-15-2/h9-10,12H,3-8H2,1-2H3. The first-order valence-corrected chi connectivity index (χ1v) is 7.11. The zero-order chi connectivity index (χ0) is 12.2. The van der Waals surface area contributed by atoms with Gasteiger partial charge in [-0.25, -0.2) is 12.7 Å². The van der Waals surface area contributed by atoms with Gasteiger partial charge in [0.15, 0.2) is 0 Å². The van der Waals surface area contributed by atoms with Crippen LogP contribution in [0.4, 0.5) is 0 Å². The molecule has 1 fully saturated rings. The molecule has 1 aliphatic rings. The predicted molar refractivity (Wildman–Crippen MR) is 61.6 cm³/mol. The second-order valence-electron chi connectivity index (χ2n) is 4.36. The van der Waals surface area contributed by atoms with E-state index in [1.165, 1.54) is 11.2 Å². The van der Waals surface area contributed by atoms with Gasteiger partial charge in [-0.3, -0.25) is 0 Å². The Morgan fingerprint density at radius 1 is 1.56 bits per heavy atom. The van der Waals surface area contributed by atoms with Crippen molar-refractivity contribution in [2.75, 3.05) is 33.4 Å². The molecule has 0 amide bonds. The lowest BCUT2D eigenvalue weighted by Gasteiger charge is -2.33. The number of hydrogen-bond acceptors (Lipinski definition) is 4. The molecular formula is C10H21NO4S. The third kappa shape index (κ3) is 3.16. The van der Waals surface area contributed by atoms with Gasteiger partial charge in [-0.2, -0.15) is 0 Å². The minimum atomic E-state index is -3.34. The summed E-state index contributed by atoms with van der Waals surface area (Å²) in [7, 11) is -1.71. The first-order chi connectivity index (χ1) is 7.52. The Kier molecular flexibility index (Phi) is 5.17. The first-order valence-electron chi connectivity index (χ1n) is 5.61. The lowest BCUT2D eigenvalue weighted by atomic mass is 10.0. The largest absolute Gasteiger partial charge is 0.395 e. The smallest absolute Gasteiger partial charge is 0.218 e. The molecule has 0 radical (unpaired) electrons. The fraction of sp³-hybridized carbons (Fsp3) is 1.00. The summed E-state index contributed by atoms with van der Waals surface area (Å²) in [5.41, 5.74) is 0. The molecule has 2 unspecified atom stereocenters. The van der Waals surface area contributed by atoms with Crippen molar-refractivity contribution in [3.05, 3.63) is 0 Å². The lowest BCUT2D eigenvalue weighted by molar-refractivity contribution is 0.118. The van der Waals surface area contributed by atoms with E-state index in [1.54, 1.807) is 7.11 Å². The Balaban J connectivity index is 2.66. The molecule has 0 aromatic rings. The Labute approximate surface area is 97.4 Å². The molecule has 0 spiro atoms. The van der Waals surface area contributed by atoms with Crippen LogP contribution in [0.15, 0.2) is 0 Å². The van der Waals surface area contributed by atoms with Crippen molar-refractivity contribution in [2.45, 2.75) is 25.0 Å². The van der Waals surface area contributed by atoms with Crippen LogP contribution in [-0.4, -0.2) is 56.5 Å². The van der Waals surface area contributed by atoms with Gasteiger partial charge in [-0.05, 0) is 25.7 Å². The van der Waals surface area contributed by atoms with Crippen LogP contribution < -0.4 is 0 Å². The van der Waals surface area contributed by atoms with E-state index in [1.807, 2.05) is 0 Å². The van der Waals surface area contributed by atoms with E-state index < -0.39 is 15.3 Å². The summed E-state index contributed by atoms with van der Waals surface area (Å²) >= 11 is 0. The normalized spacial score (nSPS) is 25.6. The fourth-order valence-electron chi connectivity index (χ4n) is 1.98. The van der Waals surface area contributed by atoms with E-state index in [0.717, 1.165) is 12.8 Å². The summed E-state index contributed by atoms with van der Waals surface area (Å²) in [5.74, 6) is 0.277. The van der Waals surface area contributed by atoms with Gasteiger partial charge in [-0.1, -0.05) is 0 Å². The van der Waals surface area contributed by atoms with Crippen LogP contribution >= 0.6 is 0 Å². The van der Waals surface area contributed by atoms with E-state index in [-0.39, 0.29) is 12.5 Å². The van der Waals surface area contributed by atoms with Crippen LogP contribution in [0.25, 0.3) is 0 Å². The molecular weight excluding hydrogens is 230 g/mol. The maximum absolute atomic E-state index is 12.0. The fourth-order valence-corrected chi connectivity index (χ4v) is 3.48. The summed E-state index contributed by atoms with van der Waals surface area (Å²) < 4.78 is 30.5. The zero-order valence-corrected chi connectivity index (χ0v) is 10.7. The van der Waals surface area contributed by atoms with Crippen LogP contribution in [0.5, 0.6) is 0 Å². The number of aliphatic hydroxyl groups is 1. The monoisotopic (exact) mass is 251 g/mol. The van der Waals surface area contributed by atoms with Gasteiger partial charge in [0.1, 0.15) is 0 Å². The van der Waals surface area contributed by atoms with Crippen molar-refractivity contribution in [3.8, 4) is 0 Å². The number of aliphatic hydroxyl groups excluding tert-OH is 1. The average Bonchev–Trinajstić information content (AvgIpc) is 2.28.